The SMILES string of the molecule is Cc1ccc(-n2c(N)c(C(=O)OC(C)(C)C)c3nc4ccccc4nc32)cc1Cl. The van der Waals surface area contributed by atoms with Crippen molar-refractivity contribution in [2.24, 2.45) is 0 Å². The molecule has 6 nitrogen and oxygen atoms in total. The van der Waals surface area contributed by atoms with E-state index in [0.29, 0.717) is 32.9 Å². The average Bonchev–Trinajstić information content (AvgIpc) is 2.91. The summed E-state index contributed by atoms with van der Waals surface area (Å²) in [6, 6.07) is 13.0. The van der Waals surface area contributed by atoms with Gasteiger partial charge in [0.2, 0.25) is 0 Å². The summed E-state index contributed by atoms with van der Waals surface area (Å²) in [5.74, 6) is -0.328. The largest absolute Gasteiger partial charge is 0.456 e. The van der Waals surface area contributed by atoms with Crippen molar-refractivity contribution in [2.45, 2.75) is 33.3 Å². The summed E-state index contributed by atoms with van der Waals surface area (Å²) in [5, 5.41) is 0.594. The lowest BCUT2D eigenvalue weighted by Crippen LogP contribution is -2.24. The average molecular weight is 409 g/mol. The van der Waals surface area contributed by atoms with Gasteiger partial charge in [0.15, 0.2) is 5.65 Å². The van der Waals surface area contributed by atoms with Crippen LogP contribution in [0.25, 0.3) is 27.9 Å². The third kappa shape index (κ3) is 3.40. The van der Waals surface area contributed by atoms with E-state index in [2.05, 4.69) is 4.98 Å². The number of hydrogen-bond acceptors (Lipinski definition) is 5. The number of nitrogens with two attached hydrogens (primary N) is 1. The molecular formula is C22H21ClN4O2. The van der Waals surface area contributed by atoms with Gasteiger partial charge >= 0.3 is 5.97 Å². The first-order chi connectivity index (χ1) is 13.7. The Hall–Kier alpha value is -3.12. The van der Waals surface area contributed by atoms with Crippen molar-refractivity contribution in [2.75, 3.05) is 5.73 Å². The highest BCUT2D eigenvalue weighted by molar-refractivity contribution is 6.31. The number of halogens is 1. The van der Waals surface area contributed by atoms with Gasteiger partial charge in [-0.25, -0.2) is 14.8 Å². The fraction of sp³-hybridized carbons (Fsp3) is 0.227. The number of ether oxygens (including phenoxy) is 1. The van der Waals surface area contributed by atoms with Crippen LogP contribution in [0.3, 0.4) is 0 Å². The van der Waals surface area contributed by atoms with E-state index >= 15 is 0 Å². The number of carbonyl (C=O) groups excluding carboxylic acids is 1. The summed E-state index contributed by atoms with van der Waals surface area (Å²) in [5.41, 5.74) is 9.86. The van der Waals surface area contributed by atoms with Crippen molar-refractivity contribution in [3.05, 3.63) is 58.6 Å². The second-order valence-corrected chi connectivity index (χ2v) is 8.32. The van der Waals surface area contributed by atoms with Crippen LogP contribution in [0, 0.1) is 6.92 Å². The van der Waals surface area contributed by atoms with Gasteiger partial charge < -0.3 is 10.5 Å². The highest BCUT2D eigenvalue weighted by Crippen LogP contribution is 2.33. The van der Waals surface area contributed by atoms with Crippen LogP contribution >= 0.6 is 11.6 Å². The number of aromatic nitrogens is 3. The number of hydrogen-bond donors (Lipinski definition) is 1. The Labute approximate surface area is 173 Å². The lowest BCUT2D eigenvalue weighted by Gasteiger charge is -2.19. The molecule has 0 saturated carbocycles. The normalized spacial score (nSPS) is 11.9. The van der Waals surface area contributed by atoms with E-state index in [1.807, 2.05) is 43.3 Å². The third-order valence-corrected chi connectivity index (χ3v) is 4.92. The molecule has 0 fully saturated rings. The molecule has 0 unspecified atom stereocenters. The second kappa shape index (κ2) is 6.74. The molecule has 0 aliphatic carbocycles. The molecule has 0 aliphatic rings. The number of benzene rings is 2. The van der Waals surface area contributed by atoms with Crippen molar-refractivity contribution in [1.82, 2.24) is 14.5 Å². The molecule has 0 bridgehead atoms. The van der Waals surface area contributed by atoms with Gasteiger partial charge in [-0.2, -0.15) is 0 Å². The zero-order chi connectivity index (χ0) is 20.9. The van der Waals surface area contributed by atoms with Crippen molar-refractivity contribution in [1.29, 1.82) is 0 Å². The number of nitrogens with zero attached hydrogens (tertiary/aromatic N) is 3. The standard InChI is InChI=1S/C22H21ClN4O2/c1-12-9-10-13(11-14(12)23)27-19(24)17(21(28)29-22(2,3)4)18-20(27)26-16-8-6-5-7-15(16)25-18/h5-11H,24H2,1-4H3. The second-order valence-electron chi connectivity index (χ2n) is 7.92. The molecule has 0 saturated heterocycles. The molecule has 0 amide bonds. The molecule has 2 aromatic heterocycles. The summed E-state index contributed by atoms with van der Waals surface area (Å²) in [6.45, 7) is 7.34. The van der Waals surface area contributed by atoms with Crippen LogP contribution in [0.2, 0.25) is 5.02 Å². The number of para-hydroxylation sites is 2. The van der Waals surface area contributed by atoms with Crippen molar-refractivity contribution in [3.63, 3.8) is 0 Å². The molecule has 0 atom stereocenters. The van der Waals surface area contributed by atoms with E-state index in [0.717, 1.165) is 5.56 Å². The van der Waals surface area contributed by atoms with Gasteiger partial charge in [0.25, 0.3) is 0 Å². The van der Waals surface area contributed by atoms with E-state index in [1.165, 1.54) is 0 Å². The molecule has 2 heterocycles. The predicted octanol–water partition coefficient (Wildman–Crippen LogP) is 5.07. The molecule has 0 radical (unpaired) electrons. The maximum Gasteiger partial charge on any atom is 0.344 e. The monoisotopic (exact) mass is 408 g/mol. The smallest absolute Gasteiger partial charge is 0.344 e. The molecule has 2 aromatic carbocycles. The molecule has 2 N–H and O–H groups in total. The van der Waals surface area contributed by atoms with E-state index in [4.69, 9.17) is 27.1 Å². The highest BCUT2D eigenvalue weighted by atomic mass is 35.5. The Morgan fingerprint density at radius 1 is 1.10 bits per heavy atom. The molecule has 4 aromatic rings. The topological polar surface area (TPSA) is 83.0 Å². The minimum Gasteiger partial charge on any atom is -0.456 e. The number of rotatable bonds is 2. The Kier molecular flexibility index (Phi) is 4.46. The molecule has 29 heavy (non-hydrogen) atoms. The number of esters is 1. The molecular weight excluding hydrogens is 388 g/mol. The van der Waals surface area contributed by atoms with Crippen LogP contribution in [-0.4, -0.2) is 26.1 Å². The quantitative estimate of drug-likeness (QED) is 0.468. The van der Waals surface area contributed by atoms with Crippen molar-refractivity contribution in [3.8, 4) is 5.69 Å². The third-order valence-electron chi connectivity index (χ3n) is 4.51. The lowest BCUT2D eigenvalue weighted by atomic mass is 10.2. The van der Waals surface area contributed by atoms with Gasteiger partial charge in [-0.1, -0.05) is 29.8 Å². The molecule has 148 valence electrons. The summed E-state index contributed by atoms with van der Waals surface area (Å²) >= 11 is 6.34. The zero-order valence-electron chi connectivity index (χ0n) is 16.7. The summed E-state index contributed by atoms with van der Waals surface area (Å²) < 4.78 is 7.28. The fourth-order valence-corrected chi connectivity index (χ4v) is 3.35. The maximum absolute atomic E-state index is 13.0. The molecule has 0 aliphatic heterocycles. The first-order valence-electron chi connectivity index (χ1n) is 9.22. The zero-order valence-corrected chi connectivity index (χ0v) is 17.4. The van der Waals surface area contributed by atoms with Gasteiger partial charge in [0.05, 0.1) is 16.7 Å². The Morgan fingerprint density at radius 2 is 1.76 bits per heavy atom. The molecule has 4 rings (SSSR count). The fourth-order valence-electron chi connectivity index (χ4n) is 3.17. The minimum atomic E-state index is -0.671. The van der Waals surface area contributed by atoms with Crippen molar-refractivity contribution < 1.29 is 9.53 Å². The minimum absolute atomic E-state index is 0.199. The molecule has 0 spiro atoms. The van der Waals surface area contributed by atoms with Gasteiger partial charge in [-0.3, -0.25) is 4.57 Å². The lowest BCUT2D eigenvalue weighted by molar-refractivity contribution is 0.00728. The van der Waals surface area contributed by atoms with Crippen LogP contribution in [0.5, 0.6) is 0 Å². The van der Waals surface area contributed by atoms with E-state index in [1.54, 1.807) is 31.4 Å². The summed E-state index contributed by atoms with van der Waals surface area (Å²) in [6.07, 6.45) is 0. The number of aryl methyl sites for hydroxylation is 1. The van der Waals surface area contributed by atoms with Crippen LogP contribution < -0.4 is 5.73 Å². The van der Waals surface area contributed by atoms with E-state index in [-0.39, 0.29) is 11.4 Å². The highest BCUT2D eigenvalue weighted by Gasteiger charge is 2.28. The van der Waals surface area contributed by atoms with E-state index in [9.17, 15) is 4.79 Å². The van der Waals surface area contributed by atoms with E-state index < -0.39 is 11.6 Å². The number of nitrogen functional groups attached to an aromatic ring is 1. The first kappa shape index (κ1) is 19.2. The Morgan fingerprint density at radius 3 is 2.38 bits per heavy atom. The summed E-state index contributed by atoms with van der Waals surface area (Å²) in [7, 11) is 0. The number of carbonyl (C=O) groups is 1. The Bertz CT molecular complexity index is 1270. The van der Waals surface area contributed by atoms with Gasteiger partial charge in [-0.15, -0.1) is 0 Å². The summed E-state index contributed by atoms with van der Waals surface area (Å²) in [4.78, 5) is 22.4. The van der Waals surface area contributed by atoms with Gasteiger partial charge in [-0.05, 0) is 57.5 Å². The van der Waals surface area contributed by atoms with Crippen LogP contribution in [-0.2, 0) is 4.74 Å². The van der Waals surface area contributed by atoms with Crippen LogP contribution in [0.15, 0.2) is 42.5 Å². The van der Waals surface area contributed by atoms with Crippen LogP contribution in [0.4, 0.5) is 5.82 Å². The van der Waals surface area contributed by atoms with Crippen molar-refractivity contribution >= 4 is 45.6 Å². The van der Waals surface area contributed by atoms with Gasteiger partial charge in [0, 0.05) is 5.02 Å². The Balaban J connectivity index is 2.06. The number of fused-ring (bicyclic) bond motifs is 2. The first-order valence-corrected chi connectivity index (χ1v) is 9.60. The van der Waals surface area contributed by atoms with Gasteiger partial charge in [0.1, 0.15) is 22.5 Å². The van der Waals surface area contributed by atoms with Crippen LogP contribution in [0.1, 0.15) is 36.7 Å². The predicted molar refractivity (Wildman–Crippen MR) is 116 cm³/mol. The maximum atomic E-state index is 13.0. The molecule has 7 heteroatoms. The number of anilines is 1.